The molecule has 0 aliphatic heterocycles. The third-order valence-electron chi connectivity index (χ3n) is 1.53. The molecule has 3 nitrogen and oxygen atoms in total. The molecular weight excluding hydrogens is 197 g/mol. The summed E-state index contributed by atoms with van der Waals surface area (Å²) in [6, 6.07) is 2.15. The summed E-state index contributed by atoms with van der Waals surface area (Å²) < 4.78 is 41.9. The van der Waals surface area contributed by atoms with Crippen LogP contribution in [0.3, 0.4) is 0 Å². The maximum absolute atomic E-state index is 12.8. The van der Waals surface area contributed by atoms with Crippen LogP contribution in [0.25, 0.3) is 0 Å². The van der Waals surface area contributed by atoms with Gasteiger partial charge in [-0.2, -0.15) is 9.65 Å². The summed E-state index contributed by atoms with van der Waals surface area (Å²) >= 11 is 0. The van der Waals surface area contributed by atoms with Crippen molar-refractivity contribution in [3.63, 3.8) is 0 Å². The van der Waals surface area contributed by atoms with E-state index in [1.165, 1.54) is 6.07 Å². The standard InChI is InChI=1S/C8H5F3N2O/c1-14-6-2-4(7(9)10)5(3-12)13-8(6)11/h2,7H,1H3. The zero-order chi connectivity index (χ0) is 10.7. The number of hydrogen-bond donors (Lipinski definition) is 0. The number of aromatic nitrogens is 1. The second-order valence-corrected chi connectivity index (χ2v) is 2.33. The monoisotopic (exact) mass is 202 g/mol. The Bertz CT molecular complexity index is 387. The van der Waals surface area contributed by atoms with Gasteiger partial charge in [0, 0.05) is 0 Å². The molecule has 0 aliphatic rings. The summed E-state index contributed by atoms with van der Waals surface area (Å²) in [6.07, 6.45) is -2.88. The van der Waals surface area contributed by atoms with Crippen molar-refractivity contribution in [3.8, 4) is 11.8 Å². The summed E-state index contributed by atoms with van der Waals surface area (Å²) in [5, 5.41) is 8.40. The Hall–Kier alpha value is -1.77. The van der Waals surface area contributed by atoms with Crippen LogP contribution in [-0.4, -0.2) is 12.1 Å². The SMILES string of the molecule is COc1cc(C(F)F)c(C#N)nc1F. The van der Waals surface area contributed by atoms with Gasteiger partial charge >= 0.3 is 0 Å². The number of halogens is 3. The molecule has 0 N–H and O–H groups in total. The van der Waals surface area contributed by atoms with E-state index >= 15 is 0 Å². The lowest BCUT2D eigenvalue weighted by atomic mass is 10.2. The zero-order valence-corrected chi connectivity index (χ0v) is 7.09. The maximum atomic E-state index is 12.8. The van der Waals surface area contributed by atoms with Crippen LogP contribution in [0, 0.1) is 17.3 Å². The van der Waals surface area contributed by atoms with Crippen LogP contribution in [0.2, 0.25) is 0 Å². The van der Waals surface area contributed by atoms with Gasteiger partial charge in [0.15, 0.2) is 11.4 Å². The fourth-order valence-corrected chi connectivity index (χ4v) is 0.886. The summed E-state index contributed by atoms with van der Waals surface area (Å²) in [5.74, 6) is -1.48. The van der Waals surface area contributed by atoms with E-state index in [2.05, 4.69) is 9.72 Å². The molecule has 1 aromatic heterocycles. The lowest BCUT2D eigenvalue weighted by Gasteiger charge is -2.05. The van der Waals surface area contributed by atoms with E-state index in [9.17, 15) is 13.2 Å². The minimum Gasteiger partial charge on any atom is -0.492 e. The first-order valence-corrected chi connectivity index (χ1v) is 3.52. The molecule has 0 radical (unpaired) electrons. The molecule has 0 atom stereocenters. The van der Waals surface area contributed by atoms with E-state index in [1.807, 2.05) is 0 Å². The number of ether oxygens (including phenoxy) is 1. The van der Waals surface area contributed by atoms with E-state index in [4.69, 9.17) is 5.26 Å². The Balaban J connectivity index is 3.34. The summed E-state index contributed by atoms with van der Waals surface area (Å²) in [4.78, 5) is 3.05. The van der Waals surface area contributed by atoms with E-state index < -0.39 is 29.4 Å². The summed E-state index contributed by atoms with van der Waals surface area (Å²) in [7, 11) is 1.13. The highest BCUT2D eigenvalue weighted by molar-refractivity contribution is 5.37. The van der Waals surface area contributed by atoms with Crippen molar-refractivity contribution in [2.45, 2.75) is 6.43 Å². The molecule has 0 saturated carbocycles. The lowest BCUT2D eigenvalue weighted by Crippen LogP contribution is -2.00. The minimum absolute atomic E-state index is 0.403. The normalized spacial score (nSPS) is 10.0. The van der Waals surface area contributed by atoms with Gasteiger partial charge in [-0.1, -0.05) is 0 Å². The van der Waals surface area contributed by atoms with Crippen molar-refractivity contribution < 1.29 is 17.9 Å². The van der Waals surface area contributed by atoms with Gasteiger partial charge in [-0.15, -0.1) is 0 Å². The average Bonchev–Trinajstić information content (AvgIpc) is 2.16. The number of hydrogen-bond acceptors (Lipinski definition) is 3. The highest BCUT2D eigenvalue weighted by atomic mass is 19.3. The van der Waals surface area contributed by atoms with Gasteiger partial charge in [0.2, 0.25) is 0 Å². The van der Waals surface area contributed by atoms with Crippen molar-refractivity contribution in [2.75, 3.05) is 7.11 Å². The fraction of sp³-hybridized carbons (Fsp3) is 0.250. The van der Waals surface area contributed by atoms with Gasteiger partial charge in [0.05, 0.1) is 12.7 Å². The molecule has 0 bridgehead atoms. The van der Waals surface area contributed by atoms with Crippen LogP contribution >= 0.6 is 0 Å². The van der Waals surface area contributed by atoms with Gasteiger partial charge < -0.3 is 4.74 Å². The second kappa shape index (κ2) is 3.96. The van der Waals surface area contributed by atoms with Crippen LogP contribution in [0.4, 0.5) is 13.2 Å². The van der Waals surface area contributed by atoms with Crippen molar-refractivity contribution in [3.05, 3.63) is 23.3 Å². The van der Waals surface area contributed by atoms with Gasteiger partial charge in [-0.3, -0.25) is 0 Å². The topological polar surface area (TPSA) is 45.9 Å². The second-order valence-electron chi connectivity index (χ2n) is 2.33. The molecule has 0 fully saturated rings. The molecule has 0 aliphatic carbocycles. The number of pyridine rings is 1. The van der Waals surface area contributed by atoms with E-state index in [1.54, 1.807) is 0 Å². The van der Waals surface area contributed by atoms with Gasteiger partial charge in [-0.25, -0.2) is 13.8 Å². The Morgan fingerprint density at radius 1 is 1.57 bits per heavy atom. The van der Waals surface area contributed by atoms with Crippen molar-refractivity contribution in [2.24, 2.45) is 0 Å². The highest BCUT2D eigenvalue weighted by Gasteiger charge is 2.18. The Morgan fingerprint density at radius 3 is 2.64 bits per heavy atom. The van der Waals surface area contributed by atoms with Crippen molar-refractivity contribution >= 4 is 0 Å². The molecule has 0 saturated heterocycles. The molecule has 14 heavy (non-hydrogen) atoms. The van der Waals surface area contributed by atoms with E-state index in [0.717, 1.165) is 13.2 Å². The summed E-state index contributed by atoms with van der Waals surface area (Å²) in [5.41, 5.74) is -1.26. The number of nitriles is 1. The first-order chi connectivity index (χ1) is 6.60. The van der Waals surface area contributed by atoms with E-state index in [-0.39, 0.29) is 0 Å². The molecule has 6 heteroatoms. The molecule has 1 aromatic rings. The van der Waals surface area contributed by atoms with Crippen LogP contribution in [-0.2, 0) is 0 Å². The van der Waals surface area contributed by atoms with Crippen LogP contribution in [0.5, 0.6) is 5.75 Å². The first-order valence-electron chi connectivity index (χ1n) is 3.52. The van der Waals surface area contributed by atoms with Crippen molar-refractivity contribution in [1.82, 2.24) is 4.98 Å². The third-order valence-corrected chi connectivity index (χ3v) is 1.53. The fourth-order valence-electron chi connectivity index (χ4n) is 0.886. The number of alkyl halides is 2. The molecular formula is C8H5F3N2O. The zero-order valence-electron chi connectivity index (χ0n) is 7.09. The smallest absolute Gasteiger partial charge is 0.266 e. The van der Waals surface area contributed by atoms with Gasteiger partial charge in [0.1, 0.15) is 6.07 Å². The minimum atomic E-state index is -2.88. The molecule has 0 aromatic carbocycles. The molecule has 0 spiro atoms. The molecule has 74 valence electrons. The van der Waals surface area contributed by atoms with Crippen LogP contribution in [0.15, 0.2) is 6.07 Å². The number of nitrogens with zero attached hydrogens (tertiary/aromatic N) is 2. The predicted octanol–water partition coefficient (Wildman–Crippen LogP) is 2.04. The molecule has 0 amide bonds. The Labute approximate surface area is 77.7 Å². The third kappa shape index (κ3) is 1.76. The first kappa shape index (κ1) is 10.3. The van der Waals surface area contributed by atoms with Crippen molar-refractivity contribution in [1.29, 1.82) is 5.26 Å². The average molecular weight is 202 g/mol. The summed E-state index contributed by atoms with van der Waals surface area (Å²) in [6.45, 7) is 0. The number of methoxy groups -OCH3 is 1. The largest absolute Gasteiger partial charge is 0.492 e. The van der Waals surface area contributed by atoms with Gasteiger partial charge in [-0.05, 0) is 6.07 Å². The van der Waals surface area contributed by atoms with Crippen LogP contribution in [0.1, 0.15) is 17.7 Å². The molecule has 1 heterocycles. The Kier molecular flexibility index (Phi) is 2.92. The Morgan fingerprint density at radius 2 is 2.21 bits per heavy atom. The van der Waals surface area contributed by atoms with Gasteiger partial charge in [0.25, 0.3) is 12.4 Å². The van der Waals surface area contributed by atoms with Crippen LogP contribution < -0.4 is 4.74 Å². The molecule has 0 unspecified atom stereocenters. The van der Waals surface area contributed by atoms with E-state index in [0.29, 0.717) is 0 Å². The predicted molar refractivity (Wildman–Crippen MR) is 40.4 cm³/mol. The quantitative estimate of drug-likeness (QED) is 0.689. The lowest BCUT2D eigenvalue weighted by molar-refractivity contribution is 0.149. The molecule has 1 rings (SSSR count). The highest BCUT2D eigenvalue weighted by Crippen LogP contribution is 2.26. The maximum Gasteiger partial charge on any atom is 0.266 e. The number of rotatable bonds is 2.